The molecular weight excluding hydrogens is 466 g/mol. The van der Waals surface area contributed by atoms with Crippen molar-refractivity contribution >= 4 is 41.0 Å². The summed E-state index contributed by atoms with van der Waals surface area (Å²) in [5, 5.41) is 20.5. The number of nitrogens with zero attached hydrogens (tertiary/aromatic N) is 4. The van der Waals surface area contributed by atoms with Crippen LogP contribution in [0.4, 0.5) is 11.6 Å². The van der Waals surface area contributed by atoms with Crippen LogP contribution in [0.2, 0.25) is 5.02 Å². The Morgan fingerprint density at radius 2 is 2.00 bits per heavy atom. The Balaban J connectivity index is 1.77. The molecular formula is C22H20ClN5O4S. The molecule has 0 saturated carbocycles. The van der Waals surface area contributed by atoms with Crippen molar-refractivity contribution in [3.63, 3.8) is 0 Å². The molecule has 2 aromatic carbocycles. The number of aromatic nitrogens is 3. The maximum Gasteiger partial charge on any atom is 0.338 e. The van der Waals surface area contributed by atoms with Gasteiger partial charge in [0.1, 0.15) is 6.04 Å². The lowest BCUT2D eigenvalue weighted by molar-refractivity contribution is -0.385. The molecule has 0 aliphatic carbocycles. The number of nitro groups is 1. The third-order valence-electron chi connectivity index (χ3n) is 5.07. The minimum atomic E-state index is -0.871. The minimum Gasteiger partial charge on any atom is -0.463 e. The van der Waals surface area contributed by atoms with E-state index in [4.69, 9.17) is 16.3 Å². The van der Waals surface area contributed by atoms with E-state index in [2.05, 4.69) is 15.4 Å². The molecule has 0 radical (unpaired) electrons. The molecule has 4 rings (SSSR count). The Bertz CT molecular complexity index is 1260. The number of nitrogens with one attached hydrogen (secondary N) is 1. The highest BCUT2D eigenvalue weighted by Crippen LogP contribution is 2.40. The number of carbonyl (C=O) groups excluding carboxylic acids is 1. The number of benzene rings is 2. The van der Waals surface area contributed by atoms with Crippen molar-refractivity contribution in [2.75, 3.05) is 11.9 Å². The maximum absolute atomic E-state index is 12.9. The summed E-state index contributed by atoms with van der Waals surface area (Å²) in [5.74, 6) is 0.346. The molecule has 0 bridgehead atoms. The van der Waals surface area contributed by atoms with Gasteiger partial charge in [-0.2, -0.15) is 4.98 Å². The van der Waals surface area contributed by atoms with Gasteiger partial charge in [-0.3, -0.25) is 10.1 Å². The highest BCUT2D eigenvalue weighted by atomic mass is 35.5. The lowest BCUT2D eigenvalue weighted by Gasteiger charge is -2.27. The molecule has 170 valence electrons. The Labute approximate surface area is 199 Å². The number of rotatable bonds is 7. The molecule has 1 aromatic heterocycles. The molecule has 0 fully saturated rings. The lowest BCUT2D eigenvalue weighted by atomic mass is 9.94. The van der Waals surface area contributed by atoms with Crippen molar-refractivity contribution in [3.8, 4) is 0 Å². The number of esters is 1. The molecule has 3 aromatic rings. The number of halogens is 1. The number of carbonyl (C=O) groups is 1. The van der Waals surface area contributed by atoms with Gasteiger partial charge in [0.05, 0.1) is 22.7 Å². The largest absolute Gasteiger partial charge is 0.463 e. The van der Waals surface area contributed by atoms with Gasteiger partial charge in [-0.1, -0.05) is 53.7 Å². The Kier molecular flexibility index (Phi) is 6.66. The quantitative estimate of drug-likeness (QED) is 0.216. The van der Waals surface area contributed by atoms with Crippen LogP contribution >= 0.6 is 23.4 Å². The van der Waals surface area contributed by atoms with Gasteiger partial charge < -0.3 is 10.1 Å². The first kappa shape index (κ1) is 22.8. The van der Waals surface area contributed by atoms with Crippen LogP contribution in [0.1, 0.15) is 31.0 Å². The number of nitro benzene ring substituents is 1. The van der Waals surface area contributed by atoms with E-state index < -0.39 is 16.9 Å². The smallest absolute Gasteiger partial charge is 0.338 e. The molecule has 9 nitrogen and oxygen atoms in total. The molecule has 0 amide bonds. The molecule has 1 unspecified atom stereocenters. The van der Waals surface area contributed by atoms with E-state index in [1.165, 1.54) is 22.5 Å². The van der Waals surface area contributed by atoms with E-state index in [1.54, 1.807) is 32.0 Å². The maximum atomic E-state index is 12.9. The number of para-hydroxylation sites is 1. The molecule has 1 atom stereocenters. The fourth-order valence-electron chi connectivity index (χ4n) is 3.60. The molecule has 2 heterocycles. The second kappa shape index (κ2) is 9.63. The summed E-state index contributed by atoms with van der Waals surface area (Å²) in [4.78, 5) is 28.7. The molecule has 33 heavy (non-hydrogen) atoms. The van der Waals surface area contributed by atoms with Crippen LogP contribution < -0.4 is 5.32 Å². The summed E-state index contributed by atoms with van der Waals surface area (Å²) in [7, 11) is 0. The van der Waals surface area contributed by atoms with Gasteiger partial charge in [0.25, 0.3) is 5.69 Å². The first-order valence-corrected chi connectivity index (χ1v) is 11.5. The highest BCUT2D eigenvalue weighted by Gasteiger charge is 2.38. The highest BCUT2D eigenvalue weighted by molar-refractivity contribution is 7.98. The second-order valence-corrected chi connectivity index (χ2v) is 8.49. The second-order valence-electron chi connectivity index (χ2n) is 7.15. The van der Waals surface area contributed by atoms with Crippen molar-refractivity contribution in [3.05, 3.63) is 86.1 Å². The summed E-state index contributed by atoms with van der Waals surface area (Å²) < 4.78 is 6.75. The third kappa shape index (κ3) is 4.57. The number of fused-ring (bicyclic) bond motifs is 1. The molecule has 1 N–H and O–H groups in total. The van der Waals surface area contributed by atoms with Gasteiger partial charge in [0.2, 0.25) is 11.1 Å². The van der Waals surface area contributed by atoms with Gasteiger partial charge >= 0.3 is 5.97 Å². The van der Waals surface area contributed by atoms with Crippen LogP contribution in [0.15, 0.2) is 65.0 Å². The van der Waals surface area contributed by atoms with Crippen LogP contribution in [0.3, 0.4) is 0 Å². The minimum absolute atomic E-state index is 0.120. The average Bonchev–Trinajstić information content (AvgIpc) is 3.20. The van der Waals surface area contributed by atoms with E-state index >= 15 is 0 Å². The lowest BCUT2D eigenvalue weighted by Crippen LogP contribution is -2.30. The number of anilines is 1. The fourth-order valence-corrected chi connectivity index (χ4v) is 4.71. The zero-order valence-electron chi connectivity index (χ0n) is 17.8. The van der Waals surface area contributed by atoms with Crippen LogP contribution in [-0.2, 0) is 15.3 Å². The number of hydrogen-bond donors (Lipinski definition) is 1. The van der Waals surface area contributed by atoms with E-state index in [0.717, 1.165) is 5.56 Å². The zero-order valence-corrected chi connectivity index (χ0v) is 19.4. The summed E-state index contributed by atoms with van der Waals surface area (Å²) in [6, 6.07) is 12.9. The van der Waals surface area contributed by atoms with Gasteiger partial charge in [0.15, 0.2) is 0 Å². The SMILES string of the molecule is CCOC(=O)C1=C(C)Nc2nc(SCc3ccccc3Cl)nn2C1c1ccccc1[N+](=O)[O-]. The molecule has 1 aliphatic rings. The van der Waals surface area contributed by atoms with Gasteiger partial charge in [-0.05, 0) is 31.5 Å². The van der Waals surface area contributed by atoms with Gasteiger partial charge in [-0.25, -0.2) is 9.48 Å². The van der Waals surface area contributed by atoms with Crippen molar-refractivity contribution in [2.24, 2.45) is 0 Å². The molecule has 11 heteroatoms. The predicted octanol–water partition coefficient (Wildman–Crippen LogP) is 4.98. The number of thioether (sulfide) groups is 1. The van der Waals surface area contributed by atoms with Crippen molar-refractivity contribution in [1.82, 2.24) is 14.8 Å². The van der Waals surface area contributed by atoms with Crippen molar-refractivity contribution < 1.29 is 14.5 Å². The average molecular weight is 486 g/mol. The summed E-state index contributed by atoms with van der Waals surface area (Å²) in [6.07, 6.45) is 0. The van der Waals surface area contributed by atoms with Crippen LogP contribution in [0.5, 0.6) is 0 Å². The fraction of sp³-hybridized carbons (Fsp3) is 0.227. The molecule has 1 aliphatic heterocycles. The standard InChI is InChI=1S/C22H20ClN5O4S/c1-3-32-20(29)18-13(2)24-21-25-22(33-12-14-8-4-6-10-16(14)23)26-27(21)19(18)15-9-5-7-11-17(15)28(30)31/h4-11,19H,3,12H2,1-2H3,(H,24,25,26). The van der Waals surface area contributed by atoms with Crippen LogP contribution in [0.25, 0.3) is 0 Å². The number of ether oxygens (including phenoxy) is 1. The zero-order chi connectivity index (χ0) is 23.5. The van der Waals surface area contributed by atoms with Crippen LogP contribution in [-0.4, -0.2) is 32.3 Å². The topological polar surface area (TPSA) is 112 Å². The first-order valence-electron chi connectivity index (χ1n) is 10.1. The summed E-state index contributed by atoms with van der Waals surface area (Å²) in [6.45, 7) is 3.58. The molecule has 0 saturated heterocycles. The van der Waals surface area contributed by atoms with E-state index in [9.17, 15) is 14.9 Å². The number of hydrogen-bond acceptors (Lipinski definition) is 8. The van der Waals surface area contributed by atoms with E-state index in [-0.39, 0.29) is 17.9 Å². The summed E-state index contributed by atoms with van der Waals surface area (Å²) in [5.41, 5.74) is 1.87. The van der Waals surface area contributed by atoms with Gasteiger partial charge in [0, 0.05) is 22.5 Å². The monoisotopic (exact) mass is 485 g/mol. The normalized spacial score (nSPS) is 15.1. The van der Waals surface area contributed by atoms with Crippen molar-refractivity contribution in [1.29, 1.82) is 0 Å². The third-order valence-corrected chi connectivity index (χ3v) is 6.33. The van der Waals surface area contributed by atoms with E-state index in [1.807, 2.05) is 24.3 Å². The van der Waals surface area contributed by atoms with Gasteiger partial charge in [-0.15, -0.1) is 5.10 Å². The predicted molar refractivity (Wildman–Crippen MR) is 125 cm³/mol. The Hall–Kier alpha value is -3.37. The first-order chi connectivity index (χ1) is 15.9. The van der Waals surface area contributed by atoms with Crippen LogP contribution in [0, 0.1) is 10.1 Å². The summed E-state index contributed by atoms with van der Waals surface area (Å²) >= 11 is 7.62. The molecule has 0 spiro atoms. The van der Waals surface area contributed by atoms with Crippen molar-refractivity contribution in [2.45, 2.75) is 30.8 Å². The number of allylic oxidation sites excluding steroid dienone is 1. The Morgan fingerprint density at radius 1 is 1.27 bits per heavy atom. The van der Waals surface area contributed by atoms with E-state index in [0.29, 0.717) is 33.1 Å². The Morgan fingerprint density at radius 3 is 2.73 bits per heavy atom.